The molecule has 3 unspecified atom stereocenters. The van der Waals surface area contributed by atoms with Crippen LogP contribution in [0.15, 0.2) is 0 Å². The lowest BCUT2D eigenvalue weighted by Gasteiger charge is -2.14. The molecule has 1 N–H and O–H groups in total. The molecule has 2 fully saturated rings. The molecule has 76 valence electrons. The van der Waals surface area contributed by atoms with Crippen LogP contribution in [0.1, 0.15) is 26.2 Å². The third kappa shape index (κ3) is 3.07. The van der Waals surface area contributed by atoms with Crippen LogP contribution in [0.4, 0.5) is 0 Å². The average Bonchev–Trinajstić information content (AvgIpc) is 2.71. The second-order valence-corrected chi connectivity index (χ2v) is 7.00. The first-order valence-electron chi connectivity index (χ1n) is 5.31. The third-order valence-corrected chi connectivity index (χ3v) is 5.61. The predicted octanol–water partition coefficient (Wildman–Crippen LogP) is 2.37. The van der Waals surface area contributed by atoms with E-state index in [1.54, 1.807) is 0 Å². The van der Waals surface area contributed by atoms with Crippen LogP contribution in [0.5, 0.6) is 0 Å². The van der Waals surface area contributed by atoms with Gasteiger partial charge in [0.05, 0.1) is 0 Å². The predicted molar refractivity (Wildman–Crippen MR) is 63.8 cm³/mol. The standard InChI is InChI=1S/C10H19NS2/c1-8-5-9(7-13-8)11-6-10-3-2-4-12-10/h8-11H,2-7H2,1H3. The lowest BCUT2D eigenvalue weighted by atomic mass is 10.2. The molecule has 3 heteroatoms. The zero-order valence-corrected chi connectivity index (χ0v) is 9.92. The number of rotatable bonds is 3. The van der Waals surface area contributed by atoms with Gasteiger partial charge in [0.2, 0.25) is 0 Å². The van der Waals surface area contributed by atoms with Gasteiger partial charge < -0.3 is 5.32 Å². The van der Waals surface area contributed by atoms with Crippen LogP contribution in [0.3, 0.4) is 0 Å². The van der Waals surface area contributed by atoms with Crippen LogP contribution in [0.2, 0.25) is 0 Å². The van der Waals surface area contributed by atoms with Gasteiger partial charge in [-0.2, -0.15) is 23.5 Å². The van der Waals surface area contributed by atoms with E-state index in [0.717, 1.165) is 16.5 Å². The molecule has 0 radical (unpaired) electrons. The van der Waals surface area contributed by atoms with Crippen LogP contribution < -0.4 is 5.32 Å². The normalized spacial score (nSPS) is 39.9. The molecule has 2 rings (SSSR count). The van der Waals surface area contributed by atoms with E-state index < -0.39 is 0 Å². The average molecular weight is 217 g/mol. The van der Waals surface area contributed by atoms with Gasteiger partial charge in [0.25, 0.3) is 0 Å². The molecule has 0 aliphatic carbocycles. The molecule has 3 atom stereocenters. The van der Waals surface area contributed by atoms with E-state index >= 15 is 0 Å². The molecule has 0 aromatic heterocycles. The quantitative estimate of drug-likeness (QED) is 0.779. The van der Waals surface area contributed by atoms with E-state index in [1.165, 1.54) is 37.3 Å². The fourth-order valence-corrected chi connectivity index (χ4v) is 4.46. The first kappa shape index (κ1) is 10.2. The summed E-state index contributed by atoms with van der Waals surface area (Å²) in [6.45, 7) is 3.60. The lowest BCUT2D eigenvalue weighted by Crippen LogP contribution is -2.33. The third-order valence-electron chi connectivity index (χ3n) is 2.86. The van der Waals surface area contributed by atoms with Crippen molar-refractivity contribution < 1.29 is 0 Å². The van der Waals surface area contributed by atoms with Crippen LogP contribution in [-0.4, -0.2) is 34.6 Å². The first-order valence-corrected chi connectivity index (χ1v) is 7.41. The van der Waals surface area contributed by atoms with Crippen LogP contribution in [-0.2, 0) is 0 Å². The molecule has 2 aliphatic heterocycles. The SMILES string of the molecule is CC1CC(NCC2CCCS2)CS1. The van der Waals surface area contributed by atoms with E-state index in [2.05, 4.69) is 35.8 Å². The Hall–Kier alpha value is 0.660. The number of hydrogen-bond acceptors (Lipinski definition) is 3. The Kier molecular flexibility index (Phi) is 3.87. The van der Waals surface area contributed by atoms with Gasteiger partial charge >= 0.3 is 0 Å². The molecule has 1 nitrogen and oxygen atoms in total. The Morgan fingerprint density at radius 2 is 2.31 bits per heavy atom. The summed E-state index contributed by atoms with van der Waals surface area (Å²) in [5, 5.41) is 5.51. The monoisotopic (exact) mass is 217 g/mol. The Morgan fingerprint density at radius 3 is 2.92 bits per heavy atom. The van der Waals surface area contributed by atoms with Crippen LogP contribution >= 0.6 is 23.5 Å². The highest BCUT2D eigenvalue weighted by atomic mass is 32.2. The molecule has 0 amide bonds. The number of thioether (sulfide) groups is 2. The van der Waals surface area contributed by atoms with Crippen molar-refractivity contribution in [1.82, 2.24) is 5.32 Å². The highest BCUT2D eigenvalue weighted by Gasteiger charge is 2.23. The Balaban J connectivity index is 1.62. The maximum Gasteiger partial charge on any atom is 0.0172 e. The summed E-state index contributed by atoms with van der Waals surface area (Å²) in [6, 6.07) is 0.807. The van der Waals surface area contributed by atoms with Crippen molar-refractivity contribution >= 4 is 23.5 Å². The Morgan fingerprint density at radius 1 is 1.38 bits per heavy atom. The minimum absolute atomic E-state index is 0.807. The van der Waals surface area contributed by atoms with E-state index in [9.17, 15) is 0 Å². The molecule has 2 aliphatic rings. The zero-order valence-electron chi connectivity index (χ0n) is 8.29. The van der Waals surface area contributed by atoms with Gasteiger partial charge in [0.15, 0.2) is 0 Å². The van der Waals surface area contributed by atoms with Crippen molar-refractivity contribution in [3.05, 3.63) is 0 Å². The van der Waals surface area contributed by atoms with Gasteiger partial charge in [-0.25, -0.2) is 0 Å². The van der Waals surface area contributed by atoms with Gasteiger partial charge in [-0.1, -0.05) is 6.92 Å². The highest BCUT2D eigenvalue weighted by Crippen LogP contribution is 2.28. The molecule has 2 saturated heterocycles. The van der Waals surface area contributed by atoms with Gasteiger partial charge in [-0.05, 0) is 25.0 Å². The first-order chi connectivity index (χ1) is 6.34. The topological polar surface area (TPSA) is 12.0 Å². The molecule has 0 aromatic rings. The molecule has 0 saturated carbocycles. The molecular formula is C10H19NS2. The minimum Gasteiger partial charge on any atom is -0.312 e. The summed E-state index contributed by atoms with van der Waals surface area (Å²) < 4.78 is 0. The van der Waals surface area contributed by atoms with E-state index in [4.69, 9.17) is 0 Å². The smallest absolute Gasteiger partial charge is 0.0172 e. The molecule has 2 heterocycles. The van der Waals surface area contributed by atoms with E-state index in [0.29, 0.717) is 0 Å². The van der Waals surface area contributed by atoms with Crippen molar-refractivity contribution in [1.29, 1.82) is 0 Å². The summed E-state index contributed by atoms with van der Waals surface area (Å²) in [5.41, 5.74) is 0. The van der Waals surface area contributed by atoms with E-state index in [1.807, 2.05) is 0 Å². The largest absolute Gasteiger partial charge is 0.312 e. The van der Waals surface area contributed by atoms with Crippen molar-refractivity contribution in [2.75, 3.05) is 18.1 Å². The van der Waals surface area contributed by atoms with Crippen molar-refractivity contribution in [2.24, 2.45) is 0 Å². The van der Waals surface area contributed by atoms with Gasteiger partial charge in [-0.3, -0.25) is 0 Å². The van der Waals surface area contributed by atoms with Crippen LogP contribution in [0, 0.1) is 0 Å². The highest BCUT2D eigenvalue weighted by molar-refractivity contribution is 8.00. The lowest BCUT2D eigenvalue weighted by molar-refractivity contribution is 0.530. The summed E-state index contributed by atoms with van der Waals surface area (Å²) in [5.74, 6) is 2.72. The maximum absolute atomic E-state index is 3.71. The molecular weight excluding hydrogens is 198 g/mol. The Bertz CT molecular complexity index is 157. The van der Waals surface area contributed by atoms with Gasteiger partial charge in [0, 0.05) is 28.8 Å². The van der Waals surface area contributed by atoms with Crippen molar-refractivity contribution in [2.45, 2.75) is 42.7 Å². The zero-order chi connectivity index (χ0) is 9.10. The van der Waals surface area contributed by atoms with Gasteiger partial charge in [-0.15, -0.1) is 0 Å². The summed E-state index contributed by atoms with van der Waals surface area (Å²) in [4.78, 5) is 0. The minimum atomic E-state index is 0.807. The summed E-state index contributed by atoms with van der Waals surface area (Å²) in [6.07, 6.45) is 4.25. The maximum atomic E-state index is 3.71. The molecule has 0 aromatic carbocycles. The Labute approximate surface area is 89.8 Å². The van der Waals surface area contributed by atoms with Crippen LogP contribution in [0.25, 0.3) is 0 Å². The van der Waals surface area contributed by atoms with E-state index in [-0.39, 0.29) is 0 Å². The van der Waals surface area contributed by atoms with Crippen molar-refractivity contribution in [3.63, 3.8) is 0 Å². The fourth-order valence-electron chi connectivity index (χ4n) is 2.06. The second-order valence-electron chi connectivity index (χ2n) is 4.12. The fraction of sp³-hybridized carbons (Fsp3) is 1.00. The summed E-state index contributed by atoms with van der Waals surface area (Å²) in [7, 11) is 0. The number of hydrogen-bond donors (Lipinski definition) is 1. The number of nitrogens with one attached hydrogen (secondary N) is 1. The summed E-state index contributed by atoms with van der Waals surface area (Å²) >= 11 is 4.28. The molecule has 13 heavy (non-hydrogen) atoms. The van der Waals surface area contributed by atoms with Gasteiger partial charge in [0.1, 0.15) is 0 Å². The molecule has 0 spiro atoms. The van der Waals surface area contributed by atoms with Crippen molar-refractivity contribution in [3.8, 4) is 0 Å². The molecule has 0 bridgehead atoms. The second kappa shape index (κ2) is 4.94.